The van der Waals surface area contributed by atoms with Crippen LogP contribution in [-0.4, -0.2) is 53.4 Å². The van der Waals surface area contributed by atoms with Crippen LogP contribution in [0.3, 0.4) is 0 Å². The molecule has 0 aliphatic carbocycles. The van der Waals surface area contributed by atoms with Crippen molar-refractivity contribution in [2.45, 2.75) is 24.2 Å². The van der Waals surface area contributed by atoms with Gasteiger partial charge in [-0.1, -0.05) is 24.3 Å². The third kappa shape index (κ3) is 4.10. The molecule has 0 bridgehead atoms. The largest absolute Gasteiger partial charge is 0.508 e. The number of fused-ring (bicyclic) bond motifs is 2. The van der Waals surface area contributed by atoms with Crippen molar-refractivity contribution in [1.82, 2.24) is 0 Å². The van der Waals surface area contributed by atoms with Crippen molar-refractivity contribution < 1.29 is 54.8 Å². The van der Waals surface area contributed by atoms with Gasteiger partial charge in [-0.05, 0) is 35.4 Å². The molecular weight excluding hydrogens is 536 g/mol. The van der Waals surface area contributed by atoms with Crippen molar-refractivity contribution in [2.24, 2.45) is 0 Å². The van der Waals surface area contributed by atoms with Crippen LogP contribution in [0.4, 0.5) is 0 Å². The third-order valence-electron chi connectivity index (χ3n) is 7.23. The highest BCUT2D eigenvalue weighted by Crippen LogP contribution is 2.55. The highest BCUT2D eigenvalue weighted by Gasteiger charge is 2.48. The number of phenols is 6. The van der Waals surface area contributed by atoms with Crippen LogP contribution in [0, 0.1) is 0 Å². The van der Waals surface area contributed by atoms with E-state index in [0.717, 1.165) is 18.2 Å². The normalized spacial score (nSPS) is 21.4. The number of phenolic OH excluding ortho intramolecular Hbond substituents is 6. The summed E-state index contributed by atoms with van der Waals surface area (Å²) in [6, 6.07) is 14.0. The first-order valence-corrected chi connectivity index (χ1v) is 12.4. The van der Waals surface area contributed by atoms with Gasteiger partial charge in [-0.3, -0.25) is 9.59 Å². The van der Waals surface area contributed by atoms with Crippen molar-refractivity contribution >= 4 is 11.6 Å². The molecule has 0 radical (unpaired) electrons. The molecule has 208 valence electrons. The second-order valence-electron chi connectivity index (χ2n) is 9.78. The number of rotatable bonds is 3. The quantitative estimate of drug-likeness (QED) is 0.194. The van der Waals surface area contributed by atoms with Gasteiger partial charge in [0.2, 0.25) is 5.78 Å². The number of benzene rings is 4. The molecular formula is C30H22O11. The number of Topliss-reactive ketones (excluding diaryl/α,β-unsaturated/α-hetero) is 2. The van der Waals surface area contributed by atoms with Crippen LogP contribution in [0.1, 0.15) is 55.5 Å². The van der Waals surface area contributed by atoms with E-state index in [1.807, 2.05) is 0 Å². The Hall–Kier alpha value is -5.42. The lowest BCUT2D eigenvalue weighted by Gasteiger charge is -2.37. The number of ketones is 2. The van der Waals surface area contributed by atoms with Crippen molar-refractivity contribution in [3.8, 4) is 46.0 Å². The fourth-order valence-corrected chi connectivity index (χ4v) is 5.33. The number of aliphatic hydroxyl groups excluding tert-OH is 1. The molecule has 0 amide bonds. The van der Waals surface area contributed by atoms with Crippen LogP contribution >= 0.6 is 0 Å². The van der Waals surface area contributed by atoms with Gasteiger partial charge in [0.05, 0.1) is 11.5 Å². The van der Waals surface area contributed by atoms with Crippen molar-refractivity contribution in [2.75, 3.05) is 0 Å². The molecule has 11 heteroatoms. The highest BCUT2D eigenvalue weighted by atomic mass is 16.5. The molecule has 0 spiro atoms. The number of aromatic hydroxyl groups is 6. The monoisotopic (exact) mass is 558 g/mol. The molecule has 0 fully saturated rings. The Balaban J connectivity index is 1.59. The molecule has 7 N–H and O–H groups in total. The Morgan fingerprint density at radius 2 is 1.12 bits per heavy atom. The first-order chi connectivity index (χ1) is 19.5. The highest BCUT2D eigenvalue weighted by molar-refractivity contribution is 6.10. The van der Waals surface area contributed by atoms with Gasteiger partial charge in [0.25, 0.3) is 0 Å². The van der Waals surface area contributed by atoms with Crippen LogP contribution in [0.25, 0.3) is 0 Å². The number of carbonyl (C=O) groups excluding carboxylic acids is 2. The summed E-state index contributed by atoms with van der Waals surface area (Å²) < 4.78 is 12.1. The summed E-state index contributed by atoms with van der Waals surface area (Å²) >= 11 is 0. The Morgan fingerprint density at radius 3 is 1.73 bits per heavy atom. The molecule has 0 saturated carbocycles. The number of aliphatic hydroxyl groups is 1. The lowest BCUT2D eigenvalue weighted by molar-refractivity contribution is 0.0197. The zero-order chi connectivity index (χ0) is 29.2. The number of carbonyl (C=O) groups is 2. The fraction of sp³-hybridized carbons (Fsp3) is 0.133. The summed E-state index contributed by atoms with van der Waals surface area (Å²) in [6.45, 7) is 0. The molecule has 6 rings (SSSR count). The number of hydrogen-bond acceptors (Lipinski definition) is 11. The predicted molar refractivity (Wildman–Crippen MR) is 140 cm³/mol. The van der Waals surface area contributed by atoms with Crippen LogP contribution in [-0.2, 0) is 0 Å². The van der Waals surface area contributed by atoms with E-state index in [-0.39, 0.29) is 45.4 Å². The van der Waals surface area contributed by atoms with Crippen LogP contribution in [0.5, 0.6) is 46.0 Å². The molecule has 2 aliphatic heterocycles. The molecule has 0 unspecified atom stereocenters. The van der Waals surface area contributed by atoms with E-state index in [1.165, 1.54) is 48.5 Å². The minimum absolute atomic E-state index is 0.0760. The molecule has 2 heterocycles. The molecule has 11 nitrogen and oxygen atoms in total. The molecule has 4 aromatic rings. The molecule has 4 aromatic carbocycles. The Morgan fingerprint density at radius 1 is 0.561 bits per heavy atom. The van der Waals surface area contributed by atoms with E-state index in [1.54, 1.807) is 0 Å². The summed E-state index contributed by atoms with van der Waals surface area (Å²) in [4.78, 5) is 27.5. The average molecular weight is 558 g/mol. The van der Waals surface area contributed by atoms with Gasteiger partial charge in [0.15, 0.2) is 18.0 Å². The van der Waals surface area contributed by atoms with Gasteiger partial charge in [-0.15, -0.1) is 0 Å². The molecule has 41 heavy (non-hydrogen) atoms. The smallest absolute Gasteiger partial charge is 0.202 e. The second kappa shape index (κ2) is 9.35. The average Bonchev–Trinajstić information content (AvgIpc) is 2.92. The standard InChI is InChI=1S/C30H22O11/c31-14-5-1-12(2-6-14)28-24(25(37)21-17(34)9-16(33)10-20(21)40-28)22-18(35)11-19(36)23-26(38)27(39)29(41-30(22)23)13-3-7-15(32)8-4-13/h1-11,24,27-29,31-36,39H/t24-,27-,28-,29+/m1/s1. The zero-order valence-electron chi connectivity index (χ0n) is 20.9. The van der Waals surface area contributed by atoms with Gasteiger partial charge in [-0.2, -0.15) is 0 Å². The van der Waals surface area contributed by atoms with E-state index in [2.05, 4.69) is 0 Å². The second-order valence-corrected chi connectivity index (χ2v) is 9.78. The minimum Gasteiger partial charge on any atom is -0.508 e. The Bertz CT molecular complexity index is 1710. The molecule has 0 aromatic heterocycles. The third-order valence-corrected chi connectivity index (χ3v) is 7.23. The fourth-order valence-electron chi connectivity index (χ4n) is 5.33. The van der Waals surface area contributed by atoms with E-state index < -0.39 is 58.6 Å². The molecule has 4 atom stereocenters. The maximum Gasteiger partial charge on any atom is 0.202 e. The van der Waals surface area contributed by atoms with Crippen molar-refractivity contribution in [3.05, 3.63) is 94.5 Å². The van der Waals surface area contributed by atoms with Gasteiger partial charge >= 0.3 is 0 Å². The summed E-state index contributed by atoms with van der Waals surface area (Å²) in [7, 11) is 0. The Kier molecular flexibility index (Phi) is 5.89. The van der Waals surface area contributed by atoms with E-state index >= 15 is 0 Å². The lowest BCUT2D eigenvalue weighted by Crippen LogP contribution is -2.38. The minimum atomic E-state index is -1.78. The van der Waals surface area contributed by atoms with Crippen LogP contribution in [0.15, 0.2) is 66.7 Å². The Labute approximate surface area is 231 Å². The summed E-state index contributed by atoms with van der Waals surface area (Å²) in [5, 5.41) is 72.7. The van der Waals surface area contributed by atoms with E-state index in [0.29, 0.717) is 5.56 Å². The number of hydrogen-bond donors (Lipinski definition) is 7. The first-order valence-electron chi connectivity index (χ1n) is 12.4. The zero-order valence-corrected chi connectivity index (χ0v) is 20.9. The van der Waals surface area contributed by atoms with Gasteiger partial charge in [0.1, 0.15) is 63.2 Å². The van der Waals surface area contributed by atoms with Gasteiger partial charge in [-0.25, -0.2) is 0 Å². The van der Waals surface area contributed by atoms with Crippen LogP contribution in [0.2, 0.25) is 0 Å². The SMILES string of the molecule is O=C1c2c(O)cc(O)c([C@@H]3C(=O)c4c(O)cc(O)cc4O[C@@H]3c3ccc(O)cc3)c2O[C@@H](c2ccc(O)cc2)[C@@H]1O. The van der Waals surface area contributed by atoms with Crippen LogP contribution < -0.4 is 9.47 Å². The van der Waals surface area contributed by atoms with Gasteiger partial charge < -0.3 is 45.2 Å². The first kappa shape index (κ1) is 25.8. The van der Waals surface area contributed by atoms with Crippen molar-refractivity contribution in [1.29, 1.82) is 0 Å². The number of ether oxygens (including phenoxy) is 2. The van der Waals surface area contributed by atoms with Gasteiger partial charge in [0, 0.05) is 18.2 Å². The molecule has 2 aliphatic rings. The van der Waals surface area contributed by atoms with E-state index in [4.69, 9.17) is 9.47 Å². The van der Waals surface area contributed by atoms with E-state index in [9.17, 15) is 45.3 Å². The predicted octanol–water partition coefficient (Wildman–Crippen LogP) is 3.70. The lowest BCUT2D eigenvalue weighted by atomic mass is 9.78. The summed E-state index contributed by atoms with van der Waals surface area (Å²) in [6.07, 6.45) is -4.37. The maximum absolute atomic E-state index is 14.1. The van der Waals surface area contributed by atoms with Crippen molar-refractivity contribution in [3.63, 3.8) is 0 Å². The maximum atomic E-state index is 14.1. The summed E-state index contributed by atoms with van der Waals surface area (Å²) in [5.74, 6) is -6.19. The topological polar surface area (TPSA) is 194 Å². The molecule has 0 saturated heterocycles. The summed E-state index contributed by atoms with van der Waals surface area (Å²) in [5.41, 5.74) is -0.418.